The molecule has 1 heterocycles. The van der Waals surface area contributed by atoms with Gasteiger partial charge in [0, 0.05) is 22.3 Å². The molecular weight excluding hydrogens is 376 g/mol. The van der Waals surface area contributed by atoms with Gasteiger partial charge >= 0.3 is 0 Å². The summed E-state index contributed by atoms with van der Waals surface area (Å²) in [5, 5.41) is 0.0132. The fourth-order valence-electron chi connectivity index (χ4n) is 1.58. The molecule has 20 heavy (non-hydrogen) atoms. The number of nitrogens with zero attached hydrogens (tertiary/aromatic N) is 1. The van der Waals surface area contributed by atoms with Crippen LogP contribution in [0.4, 0.5) is 8.78 Å². The van der Waals surface area contributed by atoms with Gasteiger partial charge in [-0.05, 0) is 34.1 Å². The average Bonchev–Trinajstić information content (AvgIpc) is 2.33. The molecule has 0 amide bonds. The fourth-order valence-corrected chi connectivity index (χ4v) is 3.62. The predicted octanol–water partition coefficient (Wildman–Crippen LogP) is 3.75. The summed E-state index contributed by atoms with van der Waals surface area (Å²) in [6, 6.07) is 3.78. The molecule has 0 aliphatic heterocycles. The van der Waals surface area contributed by atoms with Crippen LogP contribution in [0.5, 0.6) is 0 Å². The van der Waals surface area contributed by atoms with E-state index < -0.39 is 32.1 Å². The summed E-state index contributed by atoms with van der Waals surface area (Å²) in [4.78, 5) is 3.22. The molecule has 2 aromatic rings. The third-order valence-electron chi connectivity index (χ3n) is 2.45. The zero-order valence-electron chi connectivity index (χ0n) is 9.78. The molecule has 8 heteroatoms. The van der Waals surface area contributed by atoms with Crippen molar-refractivity contribution in [2.75, 3.05) is 0 Å². The van der Waals surface area contributed by atoms with Crippen LogP contribution >= 0.6 is 27.5 Å². The molecule has 1 aromatic carbocycles. The Morgan fingerprint density at radius 3 is 2.60 bits per heavy atom. The quantitative estimate of drug-likeness (QED) is 0.600. The molecule has 0 aliphatic rings. The molecule has 0 atom stereocenters. The lowest BCUT2D eigenvalue weighted by molar-refractivity contribution is 0.549. The number of benzene rings is 1. The second-order valence-electron chi connectivity index (χ2n) is 3.94. The maximum atomic E-state index is 13.6. The third kappa shape index (κ3) is 3.34. The zero-order chi connectivity index (χ0) is 14.9. The van der Waals surface area contributed by atoms with Crippen molar-refractivity contribution >= 4 is 37.4 Å². The molecule has 0 fully saturated rings. The largest absolute Gasteiger partial charge is 0.243 e. The lowest BCUT2D eigenvalue weighted by Crippen LogP contribution is -2.08. The minimum atomic E-state index is -3.99. The maximum Gasteiger partial charge on any atom is 0.185 e. The highest BCUT2D eigenvalue weighted by atomic mass is 79.9. The van der Waals surface area contributed by atoms with E-state index in [-0.39, 0.29) is 10.7 Å². The molecule has 0 saturated carbocycles. The Morgan fingerprint density at radius 1 is 1.25 bits per heavy atom. The standard InChI is InChI=1S/C12H7BrClF2NO2S/c13-8-3-7(12(14)17-5-8)6-20(18,19)11-2-1-9(15)4-10(11)16/h1-5H,6H2. The van der Waals surface area contributed by atoms with E-state index in [1.807, 2.05) is 0 Å². The molecule has 2 rings (SSSR count). The van der Waals surface area contributed by atoms with E-state index >= 15 is 0 Å². The minimum Gasteiger partial charge on any atom is -0.243 e. The molecule has 0 aliphatic carbocycles. The first kappa shape index (κ1) is 15.3. The van der Waals surface area contributed by atoms with Crippen molar-refractivity contribution in [1.82, 2.24) is 4.98 Å². The van der Waals surface area contributed by atoms with Crippen molar-refractivity contribution in [3.8, 4) is 0 Å². The van der Waals surface area contributed by atoms with Gasteiger partial charge in [-0.3, -0.25) is 0 Å². The number of sulfone groups is 1. The van der Waals surface area contributed by atoms with Gasteiger partial charge in [-0.2, -0.15) is 0 Å². The molecule has 0 N–H and O–H groups in total. The lowest BCUT2D eigenvalue weighted by Gasteiger charge is -2.07. The Balaban J connectivity index is 2.43. The normalized spacial score (nSPS) is 11.6. The van der Waals surface area contributed by atoms with Gasteiger partial charge in [-0.1, -0.05) is 11.6 Å². The average molecular weight is 383 g/mol. The van der Waals surface area contributed by atoms with Crippen LogP contribution in [0, 0.1) is 11.6 Å². The Bertz CT molecular complexity index is 768. The maximum absolute atomic E-state index is 13.6. The Morgan fingerprint density at radius 2 is 1.95 bits per heavy atom. The van der Waals surface area contributed by atoms with Gasteiger partial charge < -0.3 is 0 Å². The summed E-state index contributed by atoms with van der Waals surface area (Å²) in [7, 11) is -3.99. The number of hydrogen-bond donors (Lipinski definition) is 0. The van der Waals surface area contributed by atoms with Crippen LogP contribution in [0.25, 0.3) is 0 Å². The van der Waals surface area contributed by atoms with E-state index in [9.17, 15) is 17.2 Å². The molecule has 106 valence electrons. The van der Waals surface area contributed by atoms with Crippen LogP contribution in [-0.2, 0) is 15.6 Å². The first-order valence-electron chi connectivity index (χ1n) is 5.27. The highest BCUT2D eigenvalue weighted by molar-refractivity contribution is 9.10. The second kappa shape index (κ2) is 5.75. The molecule has 0 bridgehead atoms. The number of rotatable bonds is 3. The van der Waals surface area contributed by atoms with Gasteiger partial charge in [-0.15, -0.1) is 0 Å². The minimum absolute atomic E-state index is 0.0132. The molecule has 3 nitrogen and oxygen atoms in total. The third-order valence-corrected chi connectivity index (χ3v) is 4.92. The number of hydrogen-bond acceptors (Lipinski definition) is 3. The van der Waals surface area contributed by atoms with Crippen molar-refractivity contribution in [2.24, 2.45) is 0 Å². The van der Waals surface area contributed by atoms with E-state index in [0.29, 0.717) is 10.5 Å². The summed E-state index contributed by atoms with van der Waals surface area (Å²) in [6.45, 7) is 0. The SMILES string of the molecule is O=S(=O)(Cc1cc(Br)cnc1Cl)c1ccc(F)cc1F. The number of pyridine rings is 1. The van der Waals surface area contributed by atoms with Crippen molar-refractivity contribution in [2.45, 2.75) is 10.6 Å². The molecule has 0 radical (unpaired) electrons. The molecular formula is C12H7BrClF2NO2S. The van der Waals surface area contributed by atoms with E-state index in [4.69, 9.17) is 11.6 Å². The summed E-state index contributed by atoms with van der Waals surface area (Å²) < 4.78 is 51.2. The van der Waals surface area contributed by atoms with Crippen LogP contribution in [0.3, 0.4) is 0 Å². The molecule has 1 aromatic heterocycles. The van der Waals surface area contributed by atoms with Gasteiger partial charge in [0.05, 0.1) is 5.75 Å². The first-order chi connectivity index (χ1) is 9.29. The predicted molar refractivity (Wildman–Crippen MR) is 74.2 cm³/mol. The first-order valence-corrected chi connectivity index (χ1v) is 8.09. The Kier molecular flexibility index (Phi) is 4.41. The van der Waals surface area contributed by atoms with Crippen LogP contribution in [0.1, 0.15) is 5.56 Å². The summed E-state index contributed by atoms with van der Waals surface area (Å²) in [5.74, 6) is -2.51. The Labute approximate surface area is 127 Å². The van der Waals surface area contributed by atoms with Crippen molar-refractivity contribution in [3.63, 3.8) is 0 Å². The summed E-state index contributed by atoms with van der Waals surface area (Å²) >= 11 is 8.95. The van der Waals surface area contributed by atoms with E-state index in [0.717, 1.165) is 12.1 Å². The monoisotopic (exact) mass is 381 g/mol. The highest BCUT2D eigenvalue weighted by Crippen LogP contribution is 2.25. The van der Waals surface area contributed by atoms with Crippen molar-refractivity contribution in [1.29, 1.82) is 0 Å². The van der Waals surface area contributed by atoms with E-state index in [2.05, 4.69) is 20.9 Å². The van der Waals surface area contributed by atoms with Crippen molar-refractivity contribution in [3.05, 3.63) is 57.3 Å². The molecule has 0 saturated heterocycles. The lowest BCUT2D eigenvalue weighted by atomic mass is 10.3. The van der Waals surface area contributed by atoms with Gasteiger partial charge in [0.25, 0.3) is 0 Å². The van der Waals surface area contributed by atoms with Crippen LogP contribution in [0.15, 0.2) is 39.8 Å². The van der Waals surface area contributed by atoms with Crippen LogP contribution in [-0.4, -0.2) is 13.4 Å². The number of aromatic nitrogens is 1. The summed E-state index contributed by atoms with van der Waals surface area (Å²) in [6.07, 6.45) is 1.41. The summed E-state index contributed by atoms with van der Waals surface area (Å²) in [5.41, 5.74) is 0.227. The fraction of sp³-hybridized carbons (Fsp3) is 0.0833. The van der Waals surface area contributed by atoms with E-state index in [1.165, 1.54) is 12.3 Å². The Hall–Kier alpha value is -1.05. The van der Waals surface area contributed by atoms with Crippen LogP contribution < -0.4 is 0 Å². The number of halogens is 4. The highest BCUT2D eigenvalue weighted by Gasteiger charge is 2.22. The second-order valence-corrected chi connectivity index (χ2v) is 7.17. The zero-order valence-corrected chi connectivity index (χ0v) is 12.9. The van der Waals surface area contributed by atoms with Crippen LogP contribution in [0.2, 0.25) is 5.15 Å². The van der Waals surface area contributed by atoms with Gasteiger partial charge in [-0.25, -0.2) is 22.2 Å². The van der Waals surface area contributed by atoms with Gasteiger partial charge in [0.1, 0.15) is 21.7 Å². The van der Waals surface area contributed by atoms with Gasteiger partial charge in [0.15, 0.2) is 9.84 Å². The smallest absolute Gasteiger partial charge is 0.185 e. The topological polar surface area (TPSA) is 47.0 Å². The van der Waals surface area contributed by atoms with Crippen molar-refractivity contribution < 1.29 is 17.2 Å². The molecule has 0 unspecified atom stereocenters. The van der Waals surface area contributed by atoms with E-state index in [1.54, 1.807) is 0 Å². The van der Waals surface area contributed by atoms with Gasteiger partial charge in [0.2, 0.25) is 0 Å². The molecule has 0 spiro atoms.